The van der Waals surface area contributed by atoms with Crippen molar-refractivity contribution in [3.8, 4) is 0 Å². The molecule has 0 aromatic carbocycles. The summed E-state index contributed by atoms with van der Waals surface area (Å²) in [5.74, 6) is 1.60. The lowest BCUT2D eigenvalue weighted by molar-refractivity contribution is 0.395. The fourth-order valence-corrected chi connectivity index (χ4v) is 3.01. The van der Waals surface area contributed by atoms with Crippen molar-refractivity contribution in [2.24, 2.45) is 11.8 Å². The van der Waals surface area contributed by atoms with Gasteiger partial charge in [0.15, 0.2) is 0 Å². The Balaban J connectivity index is 2.08. The minimum atomic E-state index is 0.434. The molecule has 0 saturated heterocycles. The Bertz CT molecular complexity index is 172. The number of rotatable bonds is 8. The number of halogens is 1. The molecule has 1 saturated carbocycles. The van der Waals surface area contributed by atoms with E-state index in [0.29, 0.717) is 5.38 Å². The molecule has 0 aromatic rings. The second-order valence-electron chi connectivity index (χ2n) is 5.28. The summed E-state index contributed by atoms with van der Waals surface area (Å²) in [7, 11) is 0. The molecule has 0 bridgehead atoms. The van der Waals surface area contributed by atoms with Crippen molar-refractivity contribution in [3.63, 3.8) is 0 Å². The van der Waals surface area contributed by atoms with E-state index in [2.05, 4.69) is 19.2 Å². The van der Waals surface area contributed by atoms with Crippen molar-refractivity contribution in [1.82, 2.24) is 5.32 Å². The highest BCUT2D eigenvalue weighted by Crippen LogP contribution is 2.29. The Morgan fingerprint density at radius 1 is 1.31 bits per heavy atom. The zero-order chi connectivity index (χ0) is 11.8. The van der Waals surface area contributed by atoms with E-state index in [9.17, 15) is 0 Å². The SMILES string of the molecule is CCCCC(CC)CNCC1CCCC1Cl. The maximum absolute atomic E-state index is 6.27. The molecule has 3 unspecified atom stereocenters. The van der Waals surface area contributed by atoms with Gasteiger partial charge in [0.1, 0.15) is 0 Å². The van der Waals surface area contributed by atoms with Crippen molar-refractivity contribution in [2.75, 3.05) is 13.1 Å². The first kappa shape index (κ1) is 14.3. The largest absolute Gasteiger partial charge is 0.316 e. The number of nitrogens with one attached hydrogen (secondary N) is 1. The van der Waals surface area contributed by atoms with Gasteiger partial charge in [-0.05, 0) is 44.2 Å². The van der Waals surface area contributed by atoms with Gasteiger partial charge in [-0.2, -0.15) is 0 Å². The second-order valence-corrected chi connectivity index (χ2v) is 5.84. The summed E-state index contributed by atoms with van der Waals surface area (Å²) in [4.78, 5) is 0. The fraction of sp³-hybridized carbons (Fsp3) is 1.00. The van der Waals surface area contributed by atoms with Gasteiger partial charge >= 0.3 is 0 Å². The van der Waals surface area contributed by atoms with Crippen molar-refractivity contribution < 1.29 is 0 Å². The standard InChI is InChI=1S/C14H28ClN/c1-3-5-7-12(4-2)10-16-11-13-8-6-9-14(13)15/h12-14,16H,3-11H2,1-2H3. The molecule has 0 amide bonds. The van der Waals surface area contributed by atoms with Crippen LogP contribution in [0.5, 0.6) is 0 Å². The van der Waals surface area contributed by atoms with E-state index in [-0.39, 0.29) is 0 Å². The molecule has 1 aliphatic carbocycles. The van der Waals surface area contributed by atoms with Crippen LogP contribution < -0.4 is 5.32 Å². The van der Waals surface area contributed by atoms with Crippen LogP contribution in [0.25, 0.3) is 0 Å². The minimum absolute atomic E-state index is 0.434. The van der Waals surface area contributed by atoms with Gasteiger partial charge in [-0.3, -0.25) is 0 Å². The van der Waals surface area contributed by atoms with Crippen LogP contribution in [0.15, 0.2) is 0 Å². The lowest BCUT2D eigenvalue weighted by Crippen LogP contribution is -2.29. The van der Waals surface area contributed by atoms with Crippen LogP contribution in [0.3, 0.4) is 0 Å². The Labute approximate surface area is 106 Å². The van der Waals surface area contributed by atoms with Gasteiger partial charge in [0.2, 0.25) is 0 Å². The first-order valence-electron chi connectivity index (χ1n) is 7.12. The highest BCUT2D eigenvalue weighted by atomic mass is 35.5. The molecule has 0 spiro atoms. The van der Waals surface area contributed by atoms with E-state index in [0.717, 1.165) is 18.4 Å². The summed E-state index contributed by atoms with van der Waals surface area (Å²) >= 11 is 6.27. The van der Waals surface area contributed by atoms with Crippen LogP contribution >= 0.6 is 11.6 Å². The third kappa shape index (κ3) is 5.05. The molecule has 0 aromatic heterocycles. The molecule has 0 heterocycles. The van der Waals surface area contributed by atoms with Crippen molar-refractivity contribution in [1.29, 1.82) is 0 Å². The van der Waals surface area contributed by atoms with E-state index in [1.165, 1.54) is 51.5 Å². The number of hydrogen-bond donors (Lipinski definition) is 1. The number of unbranched alkanes of at least 4 members (excludes halogenated alkanes) is 1. The maximum Gasteiger partial charge on any atom is 0.0376 e. The Morgan fingerprint density at radius 2 is 2.12 bits per heavy atom. The molecule has 0 aliphatic heterocycles. The molecule has 1 rings (SSSR count). The third-order valence-corrected chi connectivity index (χ3v) is 4.52. The van der Waals surface area contributed by atoms with Crippen molar-refractivity contribution in [2.45, 2.75) is 64.2 Å². The second kappa shape index (κ2) is 8.36. The highest BCUT2D eigenvalue weighted by Gasteiger charge is 2.24. The lowest BCUT2D eigenvalue weighted by atomic mass is 9.99. The fourth-order valence-electron chi connectivity index (χ4n) is 2.64. The van der Waals surface area contributed by atoms with Crippen molar-refractivity contribution >= 4 is 11.6 Å². The van der Waals surface area contributed by atoms with Gasteiger partial charge in [0.25, 0.3) is 0 Å². The van der Waals surface area contributed by atoms with E-state index >= 15 is 0 Å². The van der Waals surface area contributed by atoms with Crippen LogP contribution in [0.1, 0.15) is 58.8 Å². The maximum atomic E-state index is 6.27. The normalized spacial score (nSPS) is 27.2. The summed E-state index contributed by atoms with van der Waals surface area (Å²) in [5, 5.41) is 4.07. The predicted octanol–water partition coefficient (Wildman–Crippen LogP) is 4.20. The first-order chi connectivity index (χ1) is 7.77. The Morgan fingerprint density at radius 3 is 2.69 bits per heavy atom. The first-order valence-corrected chi connectivity index (χ1v) is 7.56. The quantitative estimate of drug-likeness (QED) is 0.632. The summed E-state index contributed by atoms with van der Waals surface area (Å²) < 4.78 is 0. The monoisotopic (exact) mass is 245 g/mol. The van der Waals surface area contributed by atoms with Crippen molar-refractivity contribution in [3.05, 3.63) is 0 Å². The molecular formula is C14H28ClN. The third-order valence-electron chi connectivity index (χ3n) is 3.95. The Kier molecular flexibility index (Phi) is 7.47. The topological polar surface area (TPSA) is 12.0 Å². The molecule has 1 aliphatic rings. The van der Waals surface area contributed by atoms with Crippen LogP contribution in [0.4, 0.5) is 0 Å². The summed E-state index contributed by atoms with van der Waals surface area (Å²) in [6.45, 7) is 6.91. The van der Waals surface area contributed by atoms with Crippen LogP contribution in [0, 0.1) is 11.8 Å². The predicted molar refractivity (Wildman–Crippen MR) is 73.2 cm³/mol. The number of alkyl halides is 1. The van der Waals surface area contributed by atoms with E-state index < -0.39 is 0 Å². The summed E-state index contributed by atoms with van der Waals surface area (Å²) in [6, 6.07) is 0. The molecule has 2 heteroatoms. The molecule has 16 heavy (non-hydrogen) atoms. The molecule has 0 radical (unpaired) electrons. The van der Waals surface area contributed by atoms with Gasteiger partial charge in [-0.25, -0.2) is 0 Å². The summed E-state index contributed by atoms with van der Waals surface area (Å²) in [6.07, 6.45) is 9.27. The molecular weight excluding hydrogens is 218 g/mol. The molecule has 1 N–H and O–H groups in total. The zero-order valence-corrected chi connectivity index (χ0v) is 11.7. The van der Waals surface area contributed by atoms with Gasteiger partial charge in [0, 0.05) is 5.38 Å². The zero-order valence-electron chi connectivity index (χ0n) is 11.0. The molecule has 1 nitrogen and oxygen atoms in total. The van der Waals surface area contributed by atoms with Gasteiger partial charge in [-0.15, -0.1) is 11.6 Å². The van der Waals surface area contributed by atoms with Crippen LogP contribution in [-0.2, 0) is 0 Å². The number of hydrogen-bond acceptors (Lipinski definition) is 1. The van der Waals surface area contributed by atoms with E-state index in [4.69, 9.17) is 11.6 Å². The summed E-state index contributed by atoms with van der Waals surface area (Å²) in [5.41, 5.74) is 0. The van der Waals surface area contributed by atoms with Crippen LogP contribution in [0.2, 0.25) is 0 Å². The van der Waals surface area contributed by atoms with Gasteiger partial charge in [-0.1, -0.05) is 39.5 Å². The van der Waals surface area contributed by atoms with Gasteiger partial charge in [0.05, 0.1) is 0 Å². The molecule has 1 fully saturated rings. The highest BCUT2D eigenvalue weighted by molar-refractivity contribution is 6.20. The Hall–Kier alpha value is 0.250. The average Bonchev–Trinajstić information content (AvgIpc) is 2.69. The average molecular weight is 246 g/mol. The molecule has 96 valence electrons. The van der Waals surface area contributed by atoms with Gasteiger partial charge < -0.3 is 5.32 Å². The van der Waals surface area contributed by atoms with E-state index in [1.807, 2.05) is 0 Å². The smallest absolute Gasteiger partial charge is 0.0376 e. The minimum Gasteiger partial charge on any atom is -0.316 e. The van der Waals surface area contributed by atoms with Crippen LogP contribution in [-0.4, -0.2) is 18.5 Å². The van der Waals surface area contributed by atoms with E-state index in [1.54, 1.807) is 0 Å². The molecule has 3 atom stereocenters. The lowest BCUT2D eigenvalue weighted by Gasteiger charge is -2.19.